The number of rotatable bonds is 6. The average molecular weight is 317 g/mol. The zero-order chi connectivity index (χ0) is 16.8. The lowest BCUT2D eigenvalue weighted by Gasteiger charge is -2.19. The van der Waals surface area contributed by atoms with Crippen LogP contribution in [0.15, 0.2) is 72.8 Å². The highest BCUT2D eigenvalue weighted by atomic mass is 16.1. The van der Waals surface area contributed by atoms with E-state index in [4.69, 9.17) is 0 Å². The Bertz CT molecular complexity index is 805. The topological polar surface area (TPSA) is 29.1 Å². The molecule has 0 radical (unpaired) electrons. The number of carbonyl (C=O) groups is 1. The summed E-state index contributed by atoms with van der Waals surface area (Å²) in [6.45, 7) is 2.18. The maximum absolute atomic E-state index is 12.9. The predicted octanol–water partition coefficient (Wildman–Crippen LogP) is 5.50. The summed E-state index contributed by atoms with van der Waals surface area (Å²) in [5.74, 6) is -0.00300. The fourth-order valence-electron chi connectivity index (χ4n) is 3.08. The van der Waals surface area contributed by atoms with E-state index in [2.05, 4.69) is 24.4 Å². The number of benzene rings is 3. The molecule has 0 bridgehead atoms. The van der Waals surface area contributed by atoms with Gasteiger partial charge in [0.25, 0.3) is 5.91 Å². The molecule has 0 saturated heterocycles. The second-order valence-corrected chi connectivity index (χ2v) is 6.11. The van der Waals surface area contributed by atoms with E-state index in [1.807, 2.05) is 60.7 Å². The lowest BCUT2D eigenvalue weighted by Crippen LogP contribution is -2.28. The predicted molar refractivity (Wildman–Crippen MR) is 100 cm³/mol. The van der Waals surface area contributed by atoms with Crippen molar-refractivity contribution in [3.8, 4) is 0 Å². The van der Waals surface area contributed by atoms with E-state index in [1.165, 1.54) is 5.56 Å². The molecule has 2 nitrogen and oxygen atoms in total. The summed E-state index contributed by atoms with van der Waals surface area (Å²) in [4.78, 5) is 12.9. The minimum absolute atomic E-state index is 0.00300. The molecule has 3 rings (SSSR count). The van der Waals surface area contributed by atoms with Crippen molar-refractivity contribution in [3.05, 3.63) is 83.9 Å². The molecule has 1 atom stereocenters. The molecule has 0 aliphatic heterocycles. The lowest BCUT2D eigenvalue weighted by molar-refractivity contribution is 0.0936. The third-order valence-electron chi connectivity index (χ3n) is 4.39. The van der Waals surface area contributed by atoms with Crippen molar-refractivity contribution < 1.29 is 4.79 Å². The van der Waals surface area contributed by atoms with E-state index < -0.39 is 0 Å². The summed E-state index contributed by atoms with van der Waals surface area (Å²) in [6.07, 6.45) is 3.17. The summed E-state index contributed by atoms with van der Waals surface area (Å²) < 4.78 is 0. The highest BCUT2D eigenvalue weighted by Crippen LogP contribution is 2.22. The Kier molecular flexibility index (Phi) is 5.27. The number of carbonyl (C=O) groups excluding carboxylic acids is 1. The van der Waals surface area contributed by atoms with Crippen LogP contribution in [0.4, 0.5) is 0 Å². The lowest BCUT2D eigenvalue weighted by atomic mass is 9.99. The molecule has 2 heteroatoms. The summed E-state index contributed by atoms with van der Waals surface area (Å²) in [6, 6.07) is 24.2. The third kappa shape index (κ3) is 3.65. The smallest absolute Gasteiger partial charge is 0.252 e. The maximum atomic E-state index is 12.9. The number of unbranched alkanes of at least 4 members (excludes halogenated alkanes) is 1. The Balaban J connectivity index is 1.87. The van der Waals surface area contributed by atoms with Crippen molar-refractivity contribution in [1.29, 1.82) is 0 Å². The molecule has 122 valence electrons. The number of nitrogens with one attached hydrogen (secondary N) is 1. The first kappa shape index (κ1) is 16.3. The molecule has 0 fully saturated rings. The summed E-state index contributed by atoms with van der Waals surface area (Å²) in [5, 5.41) is 5.33. The molecule has 0 spiro atoms. The molecular formula is C22H23NO. The Labute approximate surface area is 143 Å². The van der Waals surface area contributed by atoms with Gasteiger partial charge >= 0.3 is 0 Å². The molecule has 3 aromatic carbocycles. The molecule has 0 heterocycles. The third-order valence-corrected chi connectivity index (χ3v) is 4.39. The molecule has 0 aliphatic rings. The maximum Gasteiger partial charge on any atom is 0.252 e. The van der Waals surface area contributed by atoms with Crippen LogP contribution >= 0.6 is 0 Å². The standard InChI is InChI=1S/C22H23NO/c1-2-3-16-21(18-11-5-4-6-12-18)23-22(24)20-15-9-13-17-10-7-8-14-19(17)20/h4-15,21H,2-3,16H2,1H3,(H,23,24). The van der Waals surface area contributed by atoms with Crippen LogP contribution in [0.5, 0.6) is 0 Å². The van der Waals surface area contributed by atoms with Crippen molar-refractivity contribution in [2.24, 2.45) is 0 Å². The monoisotopic (exact) mass is 317 g/mol. The van der Waals surface area contributed by atoms with E-state index in [0.717, 1.165) is 35.6 Å². The van der Waals surface area contributed by atoms with Crippen LogP contribution in [0.1, 0.15) is 48.1 Å². The van der Waals surface area contributed by atoms with Crippen LogP contribution in [0, 0.1) is 0 Å². The van der Waals surface area contributed by atoms with Gasteiger partial charge < -0.3 is 5.32 Å². The van der Waals surface area contributed by atoms with Crippen molar-refractivity contribution >= 4 is 16.7 Å². The van der Waals surface area contributed by atoms with Crippen LogP contribution in [0.25, 0.3) is 10.8 Å². The van der Waals surface area contributed by atoms with Gasteiger partial charge in [0.1, 0.15) is 0 Å². The van der Waals surface area contributed by atoms with Crippen molar-refractivity contribution in [1.82, 2.24) is 5.32 Å². The zero-order valence-electron chi connectivity index (χ0n) is 14.0. The first-order valence-electron chi connectivity index (χ1n) is 8.63. The van der Waals surface area contributed by atoms with Gasteiger partial charge in [-0.1, -0.05) is 86.5 Å². The Morgan fingerprint density at radius 3 is 2.42 bits per heavy atom. The minimum Gasteiger partial charge on any atom is -0.345 e. The van der Waals surface area contributed by atoms with E-state index in [9.17, 15) is 4.79 Å². The Hall–Kier alpha value is -2.61. The van der Waals surface area contributed by atoms with Crippen LogP contribution in [0.2, 0.25) is 0 Å². The van der Waals surface area contributed by atoms with Gasteiger partial charge in [-0.2, -0.15) is 0 Å². The summed E-state index contributed by atoms with van der Waals surface area (Å²) in [5.41, 5.74) is 1.91. The van der Waals surface area contributed by atoms with Crippen LogP contribution in [-0.2, 0) is 0 Å². The number of hydrogen-bond acceptors (Lipinski definition) is 1. The van der Waals surface area contributed by atoms with Gasteiger partial charge in [0, 0.05) is 5.56 Å². The van der Waals surface area contributed by atoms with E-state index in [0.29, 0.717) is 0 Å². The number of hydrogen-bond donors (Lipinski definition) is 1. The number of amides is 1. The van der Waals surface area contributed by atoms with Crippen LogP contribution in [0.3, 0.4) is 0 Å². The average Bonchev–Trinajstić information content (AvgIpc) is 2.65. The fraction of sp³-hybridized carbons (Fsp3) is 0.227. The van der Waals surface area contributed by atoms with Gasteiger partial charge in [-0.25, -0.2) is 0 Å². The Morgan fingerprint density at radius 1 is 0.917 bits per heavy atom. The normalized spacial score (nSPS) is 12.0. The highest BCUT2D eigenvalue weighted by Gasteiger charge is 2.16. The van der Waals surface area contributed by atoms with E-state index >= 15 is 0 Å². The minimum atomic E-state index is -0.00300. The molecular weight excluding hydrogens is 294 g/mol. The van der Waals surface area contributed by atoms with Gasteiger partial charge in [-0.15, -0.1) is 0 Å². The first-order valence-corrected chi connectivity index (χ1v) is 8.63. The van der Waals surface area contributed by atoms with Gasteiger partial charge in [0.15, 0.2) is 0 Å². The van der Waals surface area contributed by atoms with Gasteiger partial charge in [0.05, 0.1) is 6.04 Å². The SMILES string of the molecule is CCCCC(NC(=O)c1cccc2ccccc12)c1ccccc1. The molecule has 1 unspecified atom stereocenters. The molecule has 0 aromatic heterocycles. The van der Waals surface area contributed by atoms with Gasteiger partial charge in [0.2, 0.25) is 0 Å². The van der Waals surface area contributed by atoms with Crippen LogP contribution < -0.4 is 5.32 Å². The van der Waals surface area contributed by atoms with Gasteiger partial charge in [-0.3, -0.25) is 4.79 Å². The molecule has 3 aromatic rings. The molecule has 24 heavy (non-hydrogen) atoms. The molecule has 1 amide bonds. The van der Waals surface area contributed by atoms with Crippen LogP contribution in [-0.4, -0.2) is 5.91 Å². The van der Waals surface area contributed by atoms with Crippen molar-refractivity contribution in [2.45, 2.75) is 32.2 Å². The van der Waals surface area contributed by atoms with Gasteiger partial charge in [-0.05, 0) is 28.8 Å². The summed E-state index contributed by atoms with van der Waals surface area (Å²) >= 11 is 0. The molecule has 0 aliphatic carbocycles. The second-order valence-electron chi connectivity index (χ2n) is 6.11. The number of fused-ring (bicyclic) bond motifs is 1. The van der Waals surface area contributed by atoms with Crippen molar-refractivity contribution in [3.63, 3.8) is 0 Å². The first-order chi connectivity index (χ1) is 11.8. The van der Waals surface area contributed by atoms with Crippen molar-refractivity contribution in [2.75, 3.05) is 0 Å². The van der Waals surface area contributed by atoms with E-state index in [-0.39, 0.29) is 11.9 Å². The Morgan fingerprint density at radius 2 is 1.62 bits per heavy atom. The quantitative estimate of drug-likeness (QED) is 0.639. The molecule has 1 N–H and O–H groups in total. The zero-order valence-corrected chi connectivity index (χ0v) is 14.0. The van der Waals surface area contributed by atoms with E-state index in [1.54, 1.807) is 0 Å². The molecule has 0 saturated carbocycles. The fourth-order valence-corrected chi connectivity index (χ4v) is 3.08. The highest BCUT2D eigenvalue weighted by molar-refractivity contribution is 6.07. The summed E-state index contributed by atoms with van der Waals surface area (Å²) in [7, 11) is 0. The second kappa shape index (κ2) is 7.78. The largest absolute Gasteiger partial charge is 0.345 e.